The molecule has 2 aromatic carbocycles. The Kier molecular flexibility index (Phi) is 5.23. The summed E-state index contributed by atoms with van der Waals surface area (Å²) in [6.07, 6.45) is 1.86. The quantitative estimate of drug-likeness (QED) is 0.743. The number of methoxy groups -OCH3 is 1. The second-order valence-corrected chi connectivity index (χ2v) is 6.14. The number of carbonyl (C=O) groups is 1. The third kappa shape index (κ3) is 3.41. The summed E-state index contributed by atoms with van der Waals surface area (Å²) in [5, 5.41) is 3.66. The van der Waals surface area contributed by atoms with E-state index in [0.29, 0.717) is 33.8 Å². The molecule has 7 heteroatoms. The average Bonchev–Trinajstić information content (AvgIpc) is 2.64. The minimum Gasteiger partial charge on any atom is -0.495 e. The van der Waals surface area contributed by atoms with Crippen molar-refractivity contribution in [3.63, 3.8) is 0 Å². The Labute approximate surface area is 155 Å². The van der Waals surface area contributed by atoms with Crippen molar-refractivity contribution in [1.82, 2.24) is 9.55 Å². The molecule has 0 unspecified atom stereocenters. The van der Waals surface area contributed by atoms with Crippen LogP contribution in [0.25, 0.3) is 10.9 Å². The van der Waals surface area contributed by atoms with Crippen LogP contribution < -0.4 is 15.6 Å². The topological polar surface area (TPSA) is 73.2 Å². The lowest BCUT2D eigenvalue weighted by Gasteiger charge is -2.18. The van der Waals surface area contributed by atoms with Gasteiger partial charge in [-0.05, 0) is 36.8 Å². The third-order valence-corrected chi connectivity index (χ3v) is 4.43. The molecule has 0 spiro atoms. The molecular formula is C19H18ClN3O3. The summed E-state index contributed by atoms with van der Waals surface area (Å²) < 4.78 is 6.47. The number of halogens is 1. The Hall–Kier alpha value is -2.86. The highest BCUT2D eigenvalue weighted by Gasteiger charge is 2.21. The van der Waals surface area contributed by atoms with E-state index in [0.717, 1.165) is 0 Å². The number of benzene rings is 2. The Morgan fingerprint density at radius 3 is 2.77 bits per heavy atom. The van der Waals surface area contributed by atoms with Crippen molar-refractivity contribution in [2.45, 2.75) is 19.4 Å². The molecule has 0 fully saturated rings. The summed E-state index contributed by atoms with van der Waals surface area (Å²) in [7, 11) is 1.52. The van der Waals surface area contributed by atoms with Crippen molar-refractivity contribution in [3.05, 3.63) is 64.2 Å². The number of para-hydroxylation sites is 1. The fraction of sp³-hybridized carbons (Fsp3) is 0.211. The zero-order valence-electron chi connectivity index (χ0n) is 14.4. The molecule has 1 heterocycles. The number of carbonyl (C=O) groups excluding carboxylic acids is 1. The molecule has 1 atom stereocenters. The van der Waals surface area contributed by atoms with Gasteiger partial charge < -0.3 is 10.1 Å². The van der Waals surface area contributed by atoms with Gasteiger partial charge in [-0.2, -0.15) is 0 Å². The van der Waals surface area contributed by atoms with E-state index in [4.69, 9.17) is 16.3 Å². The molecule has 3 rings (SSSR count). The first-order valence-electron chi connectivity index (χ1n) is 8.15. The number of amides is 1. The number of ether oxygens (including phenoxy) is 1. The standard InChI is InChI=1S/C19H18ClN3O3/c1-3-16(18(24)22-12-8-9-17(26-2)14(20)10-12)23-11-21-15-7-5-4-6-13(15)19(23)25/h4-11,16H,3H2,1-2H3,(H,22,24)/t16-/m1/s1. The van der Waals surface area contributed by atoms with E-state index in [-0.39, 0.29) is 11.5 Å². The van der Waals surface area contributed by atoms with Gasteiger partial charge in [0.1, 0.15) is 11.8 Å². The van der Waals surface area contributed by atoms with Crippen molar-refractivity contribution in [3.8, 4) is 5.75 Å². The van der Waals surface area contributed by atoms with E-state index in [2.05, 4.69) is 10.3 Å². The predicted octanol–water partition coefficient (Wildman–Crippen LogP) is 3.65. The molecule has 0 aliphatic heterocycles. The molecular weight excluding hydrogens is 354 g/mol. The van der Waals surface area contributed by atoms with Crippen LogP contribution in [-0.2, 0) is 4.79 Å². The number of hydrogen-bond donors (Lipinski definition) is 1. The zero-order chi connectivity index (χ0) is 18.7. The zero-order valence-corrected chi connectivity index (χ0v) is 15.2. The summed E-state index contributed by atoms with van der Waals surface area (Å²) >= 11 is 6.09. The van der Waals surface area contributed by atoms with Crippen LogP contribution in [0, 0.1) is 0 Å². The fourth-order valence-corrected chi connectivity index (χ4v) is 3.04. The molecule has 0 aliphatic carbocycles. The Morgan fingerprint density at radius 1 is 1.31 bits per heavy atom. The van der Waals surface area contributed by atoms with E-state index < -0.39 is 6.04 Å². The van der Waals surface area contributed by atoms with Crippen LogP contribution in [0.4, 0.5) is 5.69 Å². The van der Waals surface area contributed by atoms with Gasteiger partial charge in [0.25, 0.3) is 5.56 Å². The van der Waals surface area contributed by atoms with Crippen LogP contribution in [0.1, 0.15) is 19.4 Å². The smallest absolute Gasteiger partial charge is 0.261 e. The summed E-state index contributed by atoms with van der Waals surface area (Å²) in [6, 6.07) is 11.3. The normalized spacial score (nSPS) is 12.0. The van der Waals surface area contributed by atoms with Crippen molar-refractivity contribution < 1.29 is 9.53 Å². The first kappa shape index (κ1) is 17.9. The minimum absolute atomic E-state index is 0.245. The molecule has 3 aromatic rings. The number of rotatable bonds is 5. The van der Waals surface area contributed by atoms with E-state index in [9.17, 15) is 9.59 Å². The van der Waals surface area contributed by atoms with Crippen molar-refractivity contribution >= 4 is 34.1 Å². The molecule has 1 amide bonds. The largest absolute Gasteiger partial charge is 0.495 e. The summed E-state index contributed by atoms with van der Waals surface area (Å²) in [5.41, 5.74) is 0.886. The molecule has 6 nitrogen and oxygen atoms in total. The number of hydrogen-bond acceptors (Lipinski definition) is 4. The van der Waals surface area contributed by atoms with Crippen molar-refractivity contribution in [2.24, 2.45) is 0 Å². The second kappa shape index (κ2) is 7.58. The highest BCUT2D eigenvalue weighted by molar-refractivity contribution is 6.32. The molecule has 1 N–H and O–H groups in total. The minimum atomic E-state index is -0.680. The van der Waals surface area contributed by atoms with Crippen molar-refractivity contribution in [2.75, 3.05) is 12.4 Å². The van der Waals surface area contributed by atoms with Gasteiger partial charge in [-0.1, -0.05) is 30.7 Å². The van der Waals surface area contributed by atoms with E-state index in [1.807, 2.05) is 13.0 Å². The number of anilines is 1. The molecule has 0 radical (unpaired) electrons. The number of nitrogens with one attached hydrogen (secondary N) is 1. The van der Waals surface area contributed by atoms with Crippen LogP contribution in [0.3, 0.4) is 0 Å². The highest BCUT2D eigenvalue weighted by atomic mass is 35.5. The van der Waals surface area contributed by atoms with Crippen LogP contribution in [-0.4, -0.2) is 22.6 Å². The Bertz CT molecular complexity index is 1020. The highest BCUT2D eigenvalue weighted by Crippen LogP contribution is 2.27. The van der Waals surface area contributed by atoms with Gasteiger partial charge in [0.15, 0.2) is 0 Å². The number of nitrogens with zero attached hydrogens (tertiary/aromatic N) is 2. The van der Waals surface area contributed by atoms with Gasteiger partial charge in [0.05, 0.1) is 29.4 Å². The van der Waals surface area contributed by atoms with Crippen LogP contribution in [0.15, 0.2) is 53.6 Å². The summed E-state index contributed by atoms with van der Waals surface area (Å²) in [6.45, 7) is 1.84. The van der Waals surface area contributed by atoms with Crippen LogP contribution in [0.2, 0.25) is 5.02 Å². The van der Waals surface area contributed by atoms with E-state index >= 15 is 0 Å². The third-order valence-electron chi connectivity index (χ3n) is 4.13. The lowest BCUT2D eigenvalue weighted by molar-refractivity contribution is -0.119. The first-order valence-corrected chi connectivity index (χ1v) is 8.53. The summed E-state index contributed by atoms with van der Waals surface area (Å²) in [4.78, 5) is 29.7. The Balaban J connectivity index is 1.91. The molecule has 134 valence electrons. The lowest BCUT2D eigenvalue weighted by Crippen LogP contribution is -2.33. The maximum absolute atomic E-state index is 12.7. The van der Waals surface area contributed by atoms with Gasteiger partial charge in [0, 0.05) is 5.69 Å². The average molecular weight is 372 g/mol. The molecule has 0 saturated carbocycles. The number of aromatic nitrogens is 2. The molecule has 0 bridgehead atoms. The maximum Gasteiger partial charge on any atom is 0.261 e. The monoisotopic (exact) mass is 371 g/mol. The van der Waals surface area contributed by atoms with Crippen LogP contribution in [0.5, 0.6) is 5.75 Å². The van der Waals surface area contributed by atoms with Gasteiger partial charge in [-0.25, -0.2) is 4.98 Å². The number of fused-ring (bicyclic) bond motifs is 1. The van der Waals surface area contributed by atoms with Crippen molar-refractivity contribution in [1.29, 1.82) is 0 Å². The molecule has 1 aromatic heterocycles. The molecule has 26 heavy (non-hydrogen) atoms. The maximum atomic E-state index is 12.7. The lowest BCUT2D eigenvalue weighted by atomic mass is 10.1. The predicted molar refractivity (Wildman–Crippen MR) is 102 cm³/mol. The van der Waals surface area contributed by atoms with Gasteiger partial charge in [-0.15, -0.1) is 0 Å². The molecule has 0 saturated heterocycles. The Morgan fingerprint density at radius 2 is 2.08 bits per heavy atom. The van der Waals surface area contributed by atoms with E-state index in [1.54, 1.807) is 36.4 Å². The fourth-order valence-electron chi connectivity index (χ4n) is 2.78. The van der Waals surface area contributed by atoms with E-state index in [1.165, 1.54) is 18.0 Å². The van der Waals surface area contributed by atoms with Crippen LogP contribution >= 0.6 is 11.6 Å². The van der Waals surface area contributed by atoms with Gasteiger partial charge in [0.2, 0.25) is 5.91 Å². The van der Waals surface area contributed by atoms with Gasteiger partial charge in [-0.3, -0.25) is 14.2 Å². The molecule has 0 aliphatic rings. The summed E-state index contributed by atoms with van der Waals surface area (Å²) in [5.74, 6) is 0.208. The second-order valence-electron chi connectivity index (χ2n) is 5.74. The SMILES string of the molecule is CC[C@H](C(=O)Nc1ccc(OC)c(Cl)c1)n1cnc2ccccc2c1=O. The van der Waals surface area contributed by atoms with Gasteiger partial charge >= 0.3 is 0 Å². The first-order chi connectivity index (χ1) is 12.5.